The third kappa shape index (κ3) is 4.51. The second-order valence-electron chi connectivity index (χ2n) is 6.21. The van der Waals surface area contributed by atoms with Crippen molar-refractivity contribution in [2.45, 2.75) is 13.8 Å². The highest BCUT2D eigenvalue weighted by atomic mass is 32.2. The van der Waals surface area contributed by atoms with Crippen LogP contribution in [0.2, 0.25) is 0 Å². The molecule has 0 spiro atoms. The summed E-state index contributed by atoms with van der Waals surface area (Å²) in [7, 11) is 0. The van der Waals surface area contributed by atoms with Crippen LogP contribution in [-0.2, 0) is 19.1 Å². The molecule has 2 fully saturated rings. The summed E-state index contributed by atoms with van der Waals surface area (Å²) in [5.41, 5.74) is 2.99. The van der Waals surface area contributed by atoms with E-state index in [2.05, 4.69) is 11.0 Å². The van der Waals surface area contributed by atoms with E-state index < -0.39 is 17.1 Å². The lowest BCUT2D eigenvalue weighted by molar-refractivity contribution is -0.145. The fourth-order valence-electron chi connectivity index (χ4n) is 2.95. The second-order valence-corrected chi connectivity index (χ2v) is 7.21. The molecule has 0 radical (unpaired) electrons. The van der Waals surface area contributed by atoms with Gasteiger partial charge in [0.25, 0.3) is 11.1 Å². The molecule has 2 aliphatic rings. The zero-order valence-corrected chi connectivity index (χ0v) is 16.2. The standard InChI is InChI=1S/C19H22N2O5S/c1-3-26-17(22)12-21-18(23)16(27-19(21)24)11-14-4-5-15(10-13(14)2)20-6-8-25-9-7-20/h4-5,10-11H,3,6-9,12H2,1-2H3/b16-11-. The molecule has 7 nitrogen and oxygen atoms in total. The van der Waals surface area contributed by atoms with Crippen molar-refractivity contribution in [1.29, 1.82) is 0 Å². The molecule has 8 heteroatoms. The van der Waals surface area contributed by atoms with Crippen LogP contribution in [0.5, 0.6) is 0 Å². The monoisotopic (exact) mass is 390 g/mol. The van der Waals surface area contributed by atoms with Crippen LogP contribution in [0.15, 0.2) is 23.1 Å². The first-order valence-corrected chi connectivity index (χ1v) is 9.65. The predicted molar refractivity (Wildman–Crippen MR) is 104 cm³/mol. The average molecular weight is 390 g/mol. The van der Waals surface area contributed by atoms with Crippen LogP contribution in [0.1, 0.15) is 18.1 Å². The molecule has 0 saturated carbocycles. The van der Waals surface area contributed by atoms with E-state index in [1.54, 1.807) is 13.0 Å². The SMILES string of the molecule is CCOC(=O)CN1C(=O)S/C(=C\c2ccc(N3CCOCC3)cc2C)C1=O. The van der Waals surface area contributed by atoms with Gasteiger partial charge in [-0.25, -0.2) is 0 Å². The van der Waals surface area contributed by atoms with Gasteiger partial charge in [-0.05, 0) is 54.9 Å². The van der Waals surface area contributed by atoms with Crippen molar-refractivity contribution in [3.05, 3.63) is 34.2 Å². The Morgan fingerprint density at radius 1 is 1.30 bits per heavy atom. The lowest BCUT2D eigenvalue weighted by Crippen LogP contribution is -2.36. The summed E-state index contributed by atoms with van der Waals surface area (Å²) in [6.07, 6.45) is 1.70. The third-order valence-corrected chi connectivity index (χ3v) is 5.29. The number of anilines is 1. The largest absolute Gasteiger partial charge is 0.465 e. The summed E-state index contributed by atoms with van der Waals surface area (Å²) in [5.74, 6) is -1.05. The molecule has 3 rings (SSSR count). The zero-order chi connectivity index (χ0) is 19.4. The number of rotatable bonds is 5. The highest BCUT2D eigenvalue weighted by molar-refractivity contribution is 8.18. The molecule has 1 aromatic carbocycles. The first kappa shape index (κ1) is 19.4. The lowest BCUT2D eigenvalue weighted by Gasteiger charge is -2.29. The summed E-state index contributed by atoms with van der Waals surface area (Å²) in [6, 6.07) is 6.02. The molecule has 0 aliphatic carbocycles. The Kier molecular flexibility index (Phi) is 6.18. The molecular formula is C19H22N2O5S. The zero-order valence-electron chi connectivity index (χ0n) is 15.4. The maximum absolute atomic E-state index is 12.5. The van der Waals surface area contributed by atoms with Crippen molar-refractivity contribution in [2.24, 2.45) is 0 Å². The number of carbonyl (C=O) groups excluding carboxylic acids is 3. The molecule has 0 aromatic heterocycles. The summed E-state index contributed by atoms with van der Waals surface area (Å²) >= 11 is 0.841. The Labute approximate surface area is 162 Å². The number of carbonyl (C=O) groups is 3. The van der Waals surface area contributed by atoms with Gasteiger partial charge in [-0.2, -0.15) is 0 Å². The number of hydrogen-bond donors (Lipinski definition) is 0. The number of imide groups is 1. The van der Waals surface area contributed by atoms with Crippen LogP contribution >= 0.6 is 11.8 Å². The van der Waals surface area contributed by atoms with Gasteiger partial charge in [-0.1, -0.05) is 6.07 Å². The van der Waals surface area contributed by atoms with E-state index in [1.807, 2.05) is 19.1 Å². The number of aryl methyl sites for hydroxylation is 1. The molecule has 2 amide bonds. The van der Waals surface area contributed by atoms with E-state index >= 15 is 0 Å². The first-order valence-electron chi connectivity index (χ1n) is 8.84. The van der Waals surface area contributed by atoms with Gasteiger partial charge in [0.05, 0.1) is 24.7 Å². The molecule has 1 aromatic rings. The first-order chi connectivity index (χ1) is 13.0. The van der Waals surface area contributed by atoms with Gasteiger partial charge in [0.15, 0.2) is 0 Å². The van der Waals surface area contributed by atoms with Gasteiger partial charge in [0.1, 0.15) is 6.54 Å². The van der Waals surface area contributed by atoms with Gasteiger partial charge in [0, 0.05) is 18.8 Å². The van der Waals surface area contributed by atoms with E-state index in [0.29, 0.717) is 18.1 Å². The minimum absolute atomic E-state index is 0.208. The van der Waals surface area contributed by atoms with Gasteiger partial charge in [0.2, 0.25) is 0 Å². The number of thioether (sulfide) groups is 1. The van der Waals surface area contributed by atoms with Crippen LogP contribution < -0.4 is 4.90 Å². The summed E-state index contributed by atoms with van der Waals surface area (Å²) < 4.78 is 10.2. The second kappa shape index (κ2) is 8.58. The van der Waals surface area contributed by atoms with E-state index in [0.717, 1.165) is 46.6 Å². The van der Waals surface area contributed by atoms with E-state index in [-0.39, 0.29) is 13.2 Å². The minimum atomic E-state index is -0.591. The number of nitrogens with zero attached hydrogens (tertiary/aromatic N) is 2. The van der Waals surface area contributed by atoms with Crippen LogP contribution in [0.3, 0.4) is 0 Å². The lowest BCUT2D eigenvalue weighted by atomic mass is 10.1. The number of benzene rings is 1. The van der Waals surface area contributed by atoms with Crippen LogP contribution in [0.25, 0.3) is 6.08 Å². The average Bonchev–Trinajstić information content (AvgIpc) is 2.92. The van der Waals surface area contributed by atoms with Crippen molar-refractivity contribution in [3.8, 4) is 0 Å². The Morgan fingerprint density at radius 3 is 2.70 bits per heavy atom. The maximum Gasteiger partial charge on any atom is 0.326 e. The van der Waals surface area contributed by atoms with Crippen LogP contribution in [0, 0.1) is 6.92 Å². The maximum atomic E-state index is 12.5. The molecule has 2 heterocycles. The number of amides is 2. The molecule has 0 bridgehead atoms. The summed E-state index contributed by atoms with van der Waals surface area (Å²) in [4.78, 5) is 39.6. The van der Waals surface area contributed by atoms with E-state index in [4.69, 9.17) is 9.47 Å². The summed E-state index contributed by atoms with van der Waals surface area (Å²) in [5, 5.41) is -0.457. The molecule has 144 valence electrons. The molecule has 2 saturated heterocycles. The van der Waals surface area contributed by atoms with Gasteiger partial charge >= 0.3 is 5.97 Å². The van der Waals surface area contributed by atoms with Gasteiger partial charge in [-0.3, -0.25) is 19.3 Å². The molecule has 0 unspecified atom stereocenters. The molecule has 2 aliphatic heterocycles. The Bertz CT molecular complexity index is 786. The van der Waals surface area contributed by atoms with Gasteiger partial charge in [-0.15, -0.1) is 0 Å². The Morgan fingerprint density at radius 2 is 2.04 bits per heavy atom. The quantitative estimate of drug-likeness (QED) is 0.564. The smallest absolute Gasteiger partial charge is 0.326 e. The summed E-state index contributed by atoms with van der Waals surface area (Å²) in [6.45, 7) is 6.64. The Balaban J connectivity index is 1.75. The predicted octanol–water partition coefficient (Wildman–Crippen LogP) is 2.43. The molecule has 0 atom stereocenters. The number of hydrogen-bond acceptors (Lipinski definition) is 7. The highest BCUT2D eigenvalue weighted by Gasteiger charge is 2.36. The van der Waals surface area contributed by atoms with Crippen molar-refractivity contribution < 1.29 is 23.9 Å². The van der Waals surface area contributed by atoms with Crippen molar-refractivity contribution in [2.75, 3.05) is 44.4 Å². The van der Waals surface area contributed by atoms with Crippen molar-refractivity contribution in [1.82, 2.24) is 4.90 Å². The van der Waals surface area contributed by atoms with Crippen LogP contribution in [0.4, 0.5) is 10.5 Å². The van der Waals surface area contributed by atoms with Crippen LogP contribution in [-0.4, -0.2) is 61.5 Å². The molecule has 0 N–H and O–H groups in total. The number of morpholine rings is 1. The molecular weight excluding hydrogens is 368 g/mol. The highest BCUT2D eigenvalue weighted by Crippen LogP contribution is 2.33. The van der Waals surface area contributed by atoms with Gasteiger partial charge < -0.3 is 14.4 Å². The molecule has 27 heavy (non-hydrogen) atoms. The van der Waals surface area contributed by atoms with E-state index in [1.165, 1.54) is 0 Å². The Hall–Kier alpha value is -2.32. The fraction of sp³-hybridized carbons (Fsp3) is 0.421. The minimum Gasteiger partial charge on any atom is -0.465 e. The number of ether oxygens (including phenoxy) is 2. The number of esters is 1. The van der Waals surface area contributed by atoms with Crippen molar-refractivity contribution in [3.63, 3.8) is 0 Å². The fourth-order valence-corrected chi connectivity index (χ4v) is 3.78. The normalized spacial score (nSPS) is 19.1. The topological polar surface area (TPSA) is 76.2 Å². The third-order valence-electron chi connectivity index (χ3n) is 4.38. The van der Waals surface area contributed by atoms with E-state index in [9.17, 15) is 14.4 Å². The van der Waals surface area contributed by atoms with Crippen molar-refractivity contribution >= 4 is 40.6 Å².